The van der Waals surface area contributed by atoms with Crippen LogP contribution >= 0.6 is 0 Å². The van der Waals surface area contributed by atoms with Crippen molar-refractivity contribution in [1.29, 1.82) is 0 Å². The SMILES string of the molecule is Cc1cc(OCC(C)c2nc(-c3ccc(-c4ncccc4C)cc3)oc2C)ccc1CCC(=O)O. The minimum atomic E-state index is -0.792. The van der Waals surface area contributed by atoms with Gasteiger partial charge in [-0.05, 0) is 74.2 Å². The molecule has 0 radical (unpaired) electrons. The van der Waals surface area contributed by atoms with Gasteiger partial charge in [-0.3, -0.25) is 9.78 Å². The van der Waals surface area contributed by atoms with Gasteiger partial charge in [0.15, 0.2) is 0 Å². The summed E-state index contributed by atoms with van der Waals surface area (Å²) in [5, 5.41) is 8.90. The van der Waals surface area contributed by atoms with Gasteiger partial charge in [0.25, 0.3) is 0 Å². The van der Waals surface area contributed by atoms with E-state index in [1.54, 1.807) is 6.20 Å². The van der Waals surface area contributed by atoms with Crippen molar-refractivity contribution in [2.45, 2.75) is 46.5 Å². The zero-order valence-corrected chi connectivity index (χ0v) is 20.5. The van der Waals surface area contributed by atoms with Gasteiger partial charge in [0.05, 0.1) is 18.0 Å². The Bertz CT molecular complexity index is 1330. The van der Waals surface area contributed by atoms with Gasteiger partial charge >= 0.3 is 5.97 Å². The van der Waals surface area contributed by atoms with Crippen LogP contribution in [-0.2, 0) is 11.2 Å². The molecule has 0 saturated carbocycles. The fraction of sp³-hybridized carbons (Fsp3) is 0.276. The van der Waals surface area contributed by atoms with Crippen LogP contribution in [0.2, 0.25) is 0 Å². The van der Waals surface area contributed by atoms with Crippen molar-refractivity contribution in [2.24, 2.45) is 0 Å². The molecule has 4 rings (SSSR count). The van der Waals surface area contributed by atoms with E-state index in [0.29, 0.717) is 18.9 Å². The Morgan fingerprint density at radius 1 is 1.03 bits per heavy atom. The molecule has 0 aliphatic heterocycles. The number of hydrogen-bond acceptors (Lipinski definition) is 5. The largest absolute Gasteiger partial charge is 0.493 e. The summed E-state index contributed by atoms with van der Waals surface area (Å²) in [6.45, 7) is 8.48. The van der Waals surface area contributed by atoms with Crippen LogP contribution in [-0.4, -0.2) is 27.7 Å². The first kappa shape index (κ1) is 24.2. The molecular formula is C29H30N2O4. The van der Waals surface area contributed by atoms with Crippen molar-refractivity contribution >= 4 is 5.97 Å². The van der Waals surface area contributed by atoms with Crippen molar-refractivity contribution in [3.05, 3.63) is 88.9 Å². The minimum Gasteiger partial charge on any atom is -0.493 e. The highest BCUT2D eigenvalue weighted by Crippen LogP contribution is 2.29. The van der Waals surface area contributed by atoms with Gasteiger partial charge in [-0.2, -0.15) is 0 Å². The van der Waals surface area contributed by atoms with Crippen LogP contribution in [0, 0.1) is 20.8 Å². The quantitative estimate of drug-likeness (QED) is 0.299. The molecule has 0 aliphatic rings. The second-order valence-electron chi connectivity index (χ2n) is 8.90. The maximum Gasteiger partial charge on any atom is 0.303 e. The van der Waals surface area contributed by atoms with E-state index < -0.39 is 5.97 Å². The van der Waals surface area contributed by atoms with E-state index >= 15 is 0 Å². The first-order valence-electron chi connectivity index (χ1n) is 11.8. The fourth-order valence-electron chi connectivity index (χ4n) is 4.13. The van der Waals surface area contributed by atoms with Gasteiger partial charge in [0, 0.05) is 29.7 Å². The number of aliphatic carboxylic acids is 1. The summed E-state index contributed by atoms with van der Waals surface area (Å²) in [4.78, 5) is 20.1. The molecule has 0 saturated heterocycles. The molecule has 1 atom stereocenters. The van der Waals surface area contributed by atoms with Crippen molar-refractivity contribution in [3.8, 4) is 28.5 Å². The zero-order chi connectivity index (χ0) is 24.9. The second kappa shape index (κ2) is 10.6. The number of pyridine rings is 1. The molecule has 0 aliphatic carbocycles. The van der Waals surface area contributed by atoms with E-state index in [0.717, 1.165) is 50.7 Å². The van der Waals surface area contributed by atoms with Gasteiger partial charge in [-0.25, -0.2) is 4.98 Å². The fourth-order valence-corrected chi connectivity index (χ4v) is 4.13. The Kier molecular flexibility index (Phi) is 7.30. The third kappa shape index (κ3) is 5.77. The number of carboxylic acid groups (broad SMARTS) is 1. The molecule has 0 spiro atoms. The lowest BCUT2D eigenvalue weighted by molar-refractivity contribution is -0.136. The second-order valence-corrected chi connectivity index (χ2v) is 8.90. The van der Waals surface area contributed by atoms with Crippen molar-refractivity contribution in [3.63, 3.8) is 0 Å². The Hall–Kier alpha value is -3.93. The van der Waals surface area contributed by atoms with E-state index in [1.807, 2.05) is 62.4 Å². The maximum absolute atomic E-state index is 10.8. The third-order valence-corrected chi connectivity index (χ3v) is 6.14. The molecule has 35 heavy (non-hydrogen) atoms. The lowest BCUT2D eigenvalue weighted by Gasteiger charge is -2.13. The molecule has 0 bridgehead atoms. The number of aryl methyl sites for hydroxylation is 4. The number of rotatable bonds is 9. The van der Waals surface area contributed by atoms with Crippen LogP contribution in [0.4, 0.5) is 0 Å². The Labute approximate surface area is 205 Å². The molecule has 0 fully saturated rings. The molecule has 0 amide bonds. The molecular weight excluding hydrogens is 440 g/mol. The van der Waals surface area contributed by atoms with Crippen molar-refractivity contribution in [2.75, 3.05) is 6.61 Å². The zero-order valence-electron chi connectivity index (χ0n) is 20.5. The summed E-state index contributed by atoms with van der Waals surface area (Å²) in [6.07, 6.45) is 2.44. The molecule has 1 N–H and O–H groups in total. The van der Waals surface area contributed by atoms with Gasteiger partial charge in [-0.1, -0.05) is 31.2 Å². The summed E-state index contributed by atoms with van der Waals surface area (Å²) in [5.41, 5.74) is 7.00. The number of carbonyl (C=O) groups is 1. The highest BCUT2D eigenvalue weighted by Gasteiger charge is 2.18. The van der Waals surface area contributed by atoms with E-state index in [1.165, 1.54) is 0 Å². The first-order valence-corrected chi connectivity index (χ1v) is 11.8. The van der Waals surface area contributed by atoms with Gasteiger partial charge in [-0.15, -0.1) is 0 Å². The summed E-state index contributed by atoms with van der Waals surface area (Å²) >= 11 is 0. The number of carboxylic acids is 1. The van der Waals surface area contributed by atoms with Crippen LogP contribution in [0.25, 0.3) is 22.7 Å². The maximum atomic E-state index is 10.8. The number of oxazole rings is 1. The molecule has 1 unspecified atom stereocenters. The van der Waals surface area contributed by atoms with E-state index in [9.17, 15) is 4.79 Å². The lowest BCUT2D eigenvalue weighted by Crippen LogP contribution is -2.09. The van der Waals surface area contributed by atoms with Crippen molar-refractivity contribution < 1.29 is 19.1 Å². The summed E-state index contributed by atoms with van der Waals surface area (Å²) in [6, 6.07) is 17.9. The minimum absolute atomic E-state index is 0.0370. The predicted octanol–water partition coefficient (Wildman–Crippen LogP) is 6.53. The molecule has 2 aromatic carbocycles. The van der Waals surface area contributed by atoms with Crippen LogP contribution in [0.3, 0.4) is 0 Å². The van der Waals surface area contributed by atoms with E-state index in [-0.39, 0.29) is 12.3 Å². The molecule has 6 nitrogen and oxygen atoms in total. The van der Waals surface area contributed by atoms with Crippen molar-refractivity contribution in [1.82, 2.24) is 9.97 Å². The number of aromatic nitrogens is 2. The monoisotopic (exact) mass is 470 g/mol. The topological polar surface area (TPSA) is 85.5 Å². The Morgan fingerprint density at radius 2 is 1.77 bits per heavy atom. The first-order chi connectivity index (χ1) is 16.8. The van der Waals surface area contributed by atoms with Crippen LogP contribution in [0.1, 0.15) is 47.4 Å². The normalized spacial score (nSPS) is 11.9. The molecule has 180 valence electrons. The number of hydrogen-bond donors (Lipinski definition) is 1. The Balaban J connectivity index is 1.42. The number of nitrogens with zero attached hydrogens (tertiary/aromatic N) is 2. The molecule has 4 aromatic rings. The standard InChI is InChI=1S/C29H30N2O4/c1-18-6-5-15-30-28(18)23-7-9-24(10-8-23)29-31-27(21(4)35-29)20(3)17-34-25-13-11-22(19(2)16-25)12-14-26(32)33/h5-11,13,15-16,20H,12,14,17H2,1-4H3,(H,32,33). The summed E-state index contributed by atoms with van der Waals surface area (Å²) in [5.74, 6) is 1.37. The number of ether oxygens (including phenoxy) is 1. The molecule has 6 heteroatoms. The van der Waals surface area contributed by atoms with E-state index in [2.05, 4.69) is 24.9 Å². The smallest absolute Gasteiger partial charge is 0.303 e. The van der Waals surface area contributed by atoms with Crippen LogP contribution in [0.15, 0.2) is 65.2 Å². The van der Waals surface area contributed by atoms with Gasteiger partial charge < -0.3 is 14.3 Å². The molecule has 2 aromatic heterocycles. The lowest BCUT2D eigenvalue weighted by atomic mass is 10.0. The van der Waals surface area contributed by atoms with Gasteiger partial charge in [0.1, 0.15) is 11.5 Å². The van der Waals surface area contributed by atoms with Crippen LogP contribution in [0.5, 0.6) is 5.75 Å². The predicted molar refractivity (Wildman–Crippen MR) is 136 cm³/mol. The van der Waals surface area contributed by atoms with Gasteiger partial charge in [0.2, 0.25) is 5.89 Å². The summed E-state index contributed by atoms with van der Waals surface area (Å²) in [7, 11) is 0. The number of benzene rings is 2. The summed E-state index contributed by atoms with van der Waals surface area (Å²) < 4.78 is 12.0. The highest BCUT2D eigenvalue weighted by atomic mass is 16.5. The average Bonchev–Trinajstić information content (AvgIpc) is 3.24. The third-order valence-electron chi connectivity index (χ3n) is 6.14. The molecule has 2 heterocycles. The van der Waals surface area contributed by atoms with Crippen LogP contribution < -0.4 is 4.74 Å². The Morgan fingerprint density at radius 3 is 2.46 bits per heavy atom. The average molecular weight is 471 g/mol. The van der Waals surface area contributed by atoms with E-state index in [4.69, 9.17) is 19.2 Å². The highest BCUT2D eigenvalue weighted by molar-refractivity contribution is 5.67.